The van der Waals surface area contributed by atoms with Crippen LogP contribution in [0.1, 0.15) is 58.6 Å². The van der Waals surface area contributed by atoms with Gasteiger partial charge < -0.3 is 25.0 Å². The Morgan fingerprint density at radius 1 is 1.14 bits per heavy atom. The molecule has 10 nitrogen and oxygen atoms in total. The van der Waals surface area contributed by atoms with E-state index in [1.807, 2.05) is 56.9 Å². The van der Waals surface area contributed by atoms with Gasteiger partial charge in [-0.1, -0.05) is 0 Å². The maximum absolute atomic E-state index is 12.9. The normalized spacial score (nSPS) is 21.8. The molecule has 2 atom stereocenters. The molecule has 3 aromatic rings. The molecule has 2 unspecified atom stereocenters. The molecule has 3 N–H and O–H groups in total. The number of hydrogen-bond acceptors (Lipinski definition) is 8. The fourth-order valence-electron chi connectivity index (χ4n) is 5.29. The minimum Gasteiger partial charge on any atom is -0.497 e. The van der Waals surface area contributed by atoms with Gasteiger partial charge in [-0.3, -0.25) is 5.10 Å². The molecule has 1 aromatic carbocycles. The first-order valence-corrected chi connectivity index (χ1v) is 12.6. The number of anilines is 3. The molecule has 0 saturated carbocycles. The van der Waals surface area contributed by atoms with Gasteiger partial charge in [-0.25, -0.2) is 9.78 Å². The predicted molar refractivity (Wildman–Crippen MR) is 139 cm³/mol. The lowest BCUT2D eigenvalue weighted by molar-refractivity contribution is -0.0199. The zero-order valence-electron chi connectivity index (χ0n) is 21.6. The van der Waals surface area contributed by atoms with Crippen LogP contribution < -0.4 is 15.4 Å². The van der Waals surface area contributed by atoms with E-state index in [-0.39, 0.29) is 24.2 Å². The van der Waals surface area contributed by atoms with Gasteiger partial charge in [-0.2, -0.15) is 10.1 Å². The monoisotopic (exact) mass is 493 g/mol. The number of aromatic amines is 1. The number of aromatic nitrogens is 4. The van der Waals surface area contributed by atoms with Crippen molar-refractivity contribution in [2.75, 3.05) is 17.7 Å². The number of piperidine rings is 2. The lowest BCUT2D eigenvalue weighted by Gasteiger charge is -2.48. The first kappa shape index (κ1) is 24.1. The molecule has 36 heavy (non-hydrogen) atoms. The molecule has 0 spiro atoms. The van der Waals surface area contributed by atoms with Gasteiger partial charge in [0.1, 0.15) is 17.2 Å². The Balaban J connectivity index is 1.39. The van der Waals surface area contributed by atoms with Crippen molar-refractivity contribution in [3.05, 3.63) is 30.0 Å². The van der Waals surface area contributed by atoms with E-state index in [1.165, 1.54) is 0 Å². The first-order valence-electron chi connectivity index (χ1n) is 12.6. The number of carbonyl (C=O) groups excluding carboxylic acids is 1. The van der Waals surface area contributed by atoms with Crippen LogP contribution in [0.3, 0.4) is 0 Å². The number of carbonyl (C=O) groups is 1. The largest absolute Gasteiger partial charge is 0.497 e. The average Bonchev–Trinajstić information content (AvgIpc) is 3.21. The Kier molecular flexibility index (Phi) is 6.36. The molecule has 2 aromatic heterocycles. The summed E-state index contributed by atoms with van der Waals surface area (Å²) in [5.74, 6) is 2.63. The van der Waals surface area contributed by atoms with Gasteiger partial charge in [-0.05, 0) is 71.9 Å². The number of nitrogens with zero attached hydrogens (tertiary/aromatic N) is 4. The van der Waals surface area contributed by atoms with Crippen LogP contribution in [0.5, 0.6) is 5.75 Å². The van der Waals surface area contributed by atoms with Gasteiger partial charge in [0.2, 0.25) is 5.95 Å². The molecule has 2 aliphatic heterocycles. The van der Waals surface area contributed by atoms with Gasteiger partial charge in [0.25, 0.3) is 0 Å². The number of hydrogen-bond donors (Lipinski definition) is 3. The number of nitrogens with one attached hydrogen (secondary N) is 3. The highest BCUT2D eigenvalue weighted by molar-refractivity contribution is 5.92. The zero-order chi connectivity index (χ0) is 25.4. The summed E-state index contributed by atoms with van der Waals surface area (Å²) in [7, 11) is 1.64. The second-order valence-electron chi connectivity index (χ2n) is 10.8. The molecule has 192 valence electrons. The fraction of sp³-hybridized carbons (Fsp3) is 0.538. The van der Waals surface area contributed by atoms with Crippen LogP contribution in [-0.4, -0.2) is 62.0 Å². The minimum absolute atomic E-state index is 0.148. The van der Waals surface area contributed by atoms with Gasteiger partial charge in [0.15, 0.2) is 5.82 Å². The number of rotatable bonds is 5. The van der Waals surface area contributed by atoms with Crippen molar-refractivity contribution in [3.8, 4) is 5.75 Å². The molecule has 2 aliphatic rings. The molecule has 5 rings (SSSR count). The third kappa shape index (κ3) is 5.17. The van der Waals surface area contributed by atoms with Gasteiger partial charge in [0.05, 0.1) is 12.6 Å². The van der Waals surface area contributed by atoms with E-state index in [0.29, 0.717) is 17.6 Å². The van der Waals surface area contributed by atoms with Crippen LogP contribution in [0, 0.1) is 6.92 Å². The zero-order valence-corrected chi connectivity index (χ0v) is 21.6. The van der Waals surface area contributed by atoms with Crippen LogP contribution in [0.25, 0.3) is 10.9 Å². The number of benzene rings is 1. The summed E-state index contributed by atoms with van der Waals surface area (Å²) in [6, 6.07) is 8.13. The Morgan fingerprint density at radius 3 is 2.53 bits per heavy atom. The second kappa shape index (κ2) is 9.48. The highest BCUT2D eigenvalue weighted by Gasteiger charge is 2.42. The van der Waals surface area contributed by atoms with Gasteiger partial charge in [0, 0.05) is 41.3 Å². The van der Waals surface area contributed by atoms with Crippen molar-refractivity contribution in [2.24, 2.45) is 0 Å². The third-order valence-corrected chi connectivity index (χ3v) is 6.77. The third-order valence-electron chi connectivity index (χ3n) is 6.77. The molecule has 2 saturated heterocycles. The summed E-state index contributed by atoms with van der Waals surface area (Å²) in [6.45, 7) is 7.69. The molecular weight excluding hydrogens is 458 g/mol. The first-order chi connectivity index (χ1) is 17.2. The number of H-pyrrole nitrogens is 1. The summed E-state index contributed by atoms with van der Waals surface area (Å²) >= 11 is 0. The Labute approximate surface area is 211 Å². The maximum Gasteiger partial charge on any atom is 0.410 e. The number of fused-ring (bicyclic) bond motifs is 3. The summed E-state index contributed by atoms with van der Waals surface area (Å²) < 4.78 is 11.1. The smallest absolute Gasteiger partial charge is 0.410 e. The highest BCUT2D eigenvalue weighted by atomic mass is 16.6. The quantitative estimate of drug-likeness (QED) is 0.447. The number of ether oxygens (including phenoxy) is 2. The summed E-state index contributed by atoms with van der Waals surface area (Å²) in [5.41, 5.74) is 1.23. The summed E-state index contributed by atoms with van der Waals surface area (Å²) in [4.78, 5) is 24.6. The molecule has 0 radical (unpaired) electrons. The number of methoxy groups -OCH3 is 1. The van der Waals surface area contributed by atoms with E-state index in [4.69, 9.17) is 19.4 Å². The van der Waals surface area contributed by atoms with Crippen molar-refractivity contribution in [1.29, 1.82) is 0 Å². The summed E-state index contributed by atoms with van der Waals surface area (Å²) in [5, 5.41) is 15.0. The van der Waals surface area contributed by atoms with E-state index < -0.39 is 5.60 Å². The lowest BCUT2D eigenvalue weighted by atomic mass is 9.82. The van der Waals surface area contributed by atoms with E-state index in [9.17, 15) is 4.79 Å². The molecule has 4 heterocycles. The standard InChI is InChI=1S/C26H35N7O3/c1-15-11-22(32-31-15)29-23-20-10-9-19(35-5)14-21(20)28-24(30-23)27-16-12-17-7-6-8-18(13-16)33(17)25(34)36-26(2,3)4/h9-11,14,16-18H,6-8,12-13H2,1-5H3,(H3,27,28,29,30,31,32). The summed E-state index contributed by atoms with van der Waals surface area (Å²) in [6.07, 6.45) is 4.55. The van der Waals surface area contributed by atoms with Crippen molar-refractivity contribution >= 4 is 34.6 Å². The van der Waals surface area contributed by atoms with E-state index >= 15 is 0 Å². The Morgan fingerprint density at radius 2 is 1.89 bits per heavy atom. The number of amides is 1. The highest BCUT2D eigenvalue weighted by Crippen LogP contribution is 2.36. The Hall–Kier alpha value is -3.56. The molecule has 1 amide bonds. The molecule has 2 bridgehead atoms. The lowest BCUT2D eigenvalue weighted by Crippen LogP contribution is -2.58. The topological polar surface area (TPSA) is 117 Å². The van der Waals surface area contributed by atoms with Crippen LogP contribution in [0.15, 0.2) is 24.3 Å². The van der Waals surface area contributed by atoms with E-state index in [2.05, 4.69) is 20.8 Å². The molecular formula is C26H35N7O3. The van der Waals surface area contributed by atoms with Crippen molar-refractivity contribution in [3.63, 3.8) is 0 Å². The molecule has 2 fully saturated rings. The van der Waals surface area contributed by atoms with Crippen molar-refractivity contribution < 1.29 is 14.3 Å². The Bertz CT molecular complexity index is 1240. The van der Waals surface area contributed by atoms with Gasteiger partial charge >= 0.3 is 6.09 Å². The fourth-order valence-corrected chi connectivity index (χ4v) is 5.29. The number of aryl methyl sites for hydroxylation is 1. The van der Waals surface area contributed by atoms with Crippen molar-refractivity contribution in [1.82, 2.24) is 25.1 Å². The van der Waals surface area contributed by atoms with Crippen LogP contribution in [0.2, 0.25) is 0 Å². The molecule has 0 aliphatic carbocycles. The SMILES string of the molecule is COc1ccc2c(Nc3cc(C)[nH]n3)nc(NC3CC4CCCC(C3)N4C(=O)OC(C)(C)C)nc2c1. The van der Waals surface area contributed by atoms with Crippen LogP contribution in [-0.2, 0) is 4.74 Å². The van der Waals surface area contributed by atoms with Crippen LogP contribution >= 0.6 is 0 Å². The second-order valence-corrected chi connectivity index (χ2v) is 10.8. The molecule has 10 heteroatoms. The van der Waals surface area contributed by atoms with Crippen molar-refractivity contribution in [2.45, 2.75) is 83.5 Å². The minimum atomic E-state index is -0.503. The maximum atomic E-state index is 12.9. The predicted octanol–water partition coefficient (Wildman–Crippen LogP) is 5.15. The van der Waals surface area contributed by atoms with E-state index in [0.717, 1.165) is 54.5 Å². The van der Waals surface area contributed by atoms with E-state index in [1.54, 1.807) is 7.11 Å². The van der Waals surface area contributed by atoms with Gasteiger partial charge in [-0.15, -0.1) is 0 Å². The van der Waals surface area contributed by atoms with Crippen LogP contribution in [0.4, 0.5) is 22.4 Å². The average molecular weight is 494 g/mol.